The number of ether oxygens (including phenoxy) is 1. The van der Waals surface area contributed by atoms with Crippen LogP contribution in [0.25, 0.3) is 5.69 Å². The molecule has 0 aliphatic carbocycles. The molecule has 1 heterocycles. The van der Waals surface area contributed by atoms with Crippen molar-refractivity contribution in [2.75, 3.05) is 0 Å². The maximum absolute atomic E-state index is 13.6. The van der Waals surface area contributed by atoms with Crippen molar-refractivity contribution in [3.8, 4) is 5.69 Å². The molecule has 0 bridgehead atoms. The Bertz CT molecular complexity index is 888. The van der Waals surface area contributed by atoms with Gasteiger partial charge in [0.1, 0.15) is 12.4 Å². The molecule has 0 saturated heterocycles. The van der Waals surface area contributed by atoms with Gasteiger partial charge >= 0.3 is 5.97 Å². The predicted octanol–water partition coefficient (Wildman–Crippen LogP) is 3.63. The standard InChI is InChI=1S/C19H18FN3O2/c1-3-14-8-10-16(11-9-14)23-13(2)18(21-22-23)19(24)25-12-15-6-4-5-7-17(15)20/h4-11H,3,12H2,1-2H3. The summed E-state index contributed by atoms with van der Waals surface area (Å²) in [5, 5.41) is 7.94. The van der Waals surface area contributed by atoms with Crippen molar-refractivity contribution in [3.63, 3.8) is 0 Å². The van der Waals surface area contributed by atoms with E-state index in [1.165, 1.54) is 11.6 Å². The van der Waals surface area contributed by atoms with Crippen LogP contribution in [0, 0.1) is 12.7 Å². The van der Waals surface area contributed by atoms with Crippen LogP contribution in [0.15, 0.2) is 48.5 Å². The van der Waals surface area contributed by atoms with Gasteiger partial charge < -0.3 is 4.74 Å². The molecule has 0 aliphatic heterocycles. The number of halogens is 1. The number of aromatic nitrogens is 3. The summed E-state index contributed by atoms with van der Waals surface area (Å²) in [6.45, 7) is 3.68. The van der Waals surface area contributed by atoms with E-state index in [1.54, 1.807) is 29.8 Å². The van der Waals surface area contributed by atoms with Crippen molar-refractivity contribution in [1.29, 1.82) is 0 Å². The van der Waals surface area contributed by atoms with Gasteiger partial charge in [0, 0.05) is 5.56 Å². The van der Waals surface area contributed by atoms with Gasteiger partial charge in [0.15, 0.2) is 5.69 Å². The minimum absolute atomic E-state index is 0.121. The van der Waals surface area contributed by atoms with Gasteiger partial charge in [-0.15, -0.1) is 5.10 Å². The molecular formula is C19H18FN3O2. The fourth-order valence-corrected chi connectivity index (χ4v) is 2.46. The van der Waals surface area contributed by atoms with E-state index in [0.29, 0.717) is 11.3 Å². The zero-order valence-electron chi connectivity index (χ0n) is 14.1. The highest BCUT2D eigenvalue weighted by Gasteiger charge is 2.19. The van der Waals surface area contributed by atoms with E-state index in [9.17, 15) is 9.18 Å². The number of aryl methyl sites for hydroxylation is 1. The number of esters is 1. The highest BCUT2D eigenvalue weighted by atomic mass is 19.1. The highest BCUT2D eigenvalue weighted by Crippen LogP contribution is 2.15. The predicted molar refractivity (Wildman–Crippen MR) is 91.0 cm³/mol. The number of hydrogen-bond acceptors (Lipinski definition) is 4. The lowest BCUT2D eigenvalue weighted by Crippen LogP contribution is -2.09. The number of carbonyl (C=O) groups is 1. The molecule has 3 aromatic rings. The first-order valence-corrected chi connectivity index (χ1v) is 8.02. The summed E-state index contributed by atoms with van der Waals surface area (Å²) in [6, 6.07) is 14.0. The molecule has 0 fully saturated rings. The van der Waals surface area contributed by atoms with Crippen LogP contribution in [0.3, 0.4) is 0 Å². The molecule has 6 heteroatoms. The molecule has 0 N–H and O–H groups in total. The molecule has 5 nitrogen and oxygen atoms in total. The summed E-state index contributed by atoms with van der Waals surface area (Å²) in [7, 11) is 0. The van der Waals surface area contributed by atoms with Gasteiger partial charge in [-0.05, 0) is 37.1 Å². The van der Waals surface area contributed by atoms with Crippen LogP contribution < -0.4 is 0 Å². The number of hydrogen-bond donors (Lipinski definition) is 0. The van der Waals surface area contributed by atoms with E-state index in [1.807, 2.05) is 24.3 Å². The number of rotatable bonds is 5. The van der Waals surface area contributed by atoms with Crippen molar-refractivity contribution >= 4 is 5.97 Å². The van der Waals surface area contributed by atoms with Crippen molar-refractivity contribution < 1.29 is 13.9 Å². The Balaban J connectivity index is 1.75. The normalized spacial score (nSPS) is 10.7. The summed E-state index contributed by atoms with van der Waals surface area (Å²) < 4.78 is 20.3. The second kappa shape index (κ2) is 7.25. The smallest absolute Gasteiger partial charge is 0.361 e. The summed E-state index contributed by atoms with van der Waals surface area (Å²) in [6.07, 6.45) is 0.949. The van der Waals surface area contributed by atoms with Gasteiger partial charge in [-0.3, -0.25) is 0 Å². The zero-order chi connectivity index (χ0) is 17.8. The fourth-order valence-electron chi connectivity index (χ4n) is 2.46. The number of benzene rings is 2. The van der Waals surface area contributed by atoms with Crippen LogP contribution >= 0.6 is 0 Å². The van der Waals surface area contributed by atoms with E-state index in [0.717, 1.165) is 12.1 Å². The van der Waals surface area contributed by atoms with Gasteiger partial charge in [-0.2, -0.15) is 0 Å². The van der Waals surface area contributed by atoms with Gasteiger partial charge in [0.2, 0.25) is 0 Å². The zero-order valence-corrected chi connectivity index (χ0v) is 14.1. The maximum Gasteiger partial charge on any atom is 0.361 e. The first kappa shape index (κ1) is 16.8. The lowest BCUT2D eigenvalue weighted by Gasteiger charge is -2.06. The van der Waals surface area contributed by atoms with Crippen LogP contribution in [-0.4, -0.2) is 21.0 Å². The van der Waals surface area contributed by atoms with E-state index in [-0.39, 0.29) is 12.3 Å². The quantitative estimate of drug-likeness (QED) is 0.666. The van der Waals surface area contributed by atoms with Crippen molar-refractivity contribution in [3.05, 3.63) is 76.9 Å². The molecule has 0 spiro atoms. The van der Waals surface area contributed by atoms with Gasteiger partial charge in [-0.1, -0.05) is 42.5 Å². The van der Waals surface area contributed by atoms with Crippen LogP contribution in [0.1, 0.15) is 34.2 Å². The summed E-state index contributed by atoms with van der Waals surface area (Å²) in [5.74, 6) is -1.04. The SMILES string of the molecule is CCc1ccc(-n2nnc(C(=O)OCc3ccccc3F)c2C)cc1. The largest absolute Gasteiger partial charge is 0.456 e. The topological polar surface area (TPSA) is 57.0 Å². The Morgan fingerprint density at radius 2 is 1.88 bits per heavy atom. The van der Waals surface area contributed by atoms with Crippen LogP contribution in [-0.2, 0) is 17.8 Å². The Kier molecular flexibility index (Phi) is 4.88. The van der Waals surface area contributed by atoms with Crippen molar-refractivity contribution in [2.24, 2.45) is 0 Å². The second-order valence-corrected chi connectivity index (χ2v) is 5.62. The van der Waals surface area contributed by atoms with Crippen LogP contribution in [0.2, 0.25) is 0 Å². The van der Waals surface area contributed by atoms with E-state index >= 15 is 0 Å². The molecule has 0 radical (unpaired) electrons. The van der Waals surface area contributed by atoms with Gasteiger partial charge in [0.05, 0.1) is 11.4 Å². The average Bonchev–Trinajstić information content (AvgIpc) is 3.02. The van der Waals surface area contributed by atoms with Gasteiger partial charge in [-0.25, -0.2) is 13.9 Å². The third-order valence-electron chi connectivity index (χ3n) is 3.99. The monoisotopic (exact) mass is 339 g/mol. The molecule has 0 amide bonds. The van der Waals surface area contributed by atoms with Crippen LogP contribution in [0.5, 0.6) is 0 Å². The second-order valence-electron chi connectivity index (χ2n) is 5.62. The summed E-state index contributed by atoms with van der Waals surface area (Å²) in [4.78, 5) is 12.2. The fraction of sp³-hybridized carbons (Fsp3) is 0.211. The number of carbonyl (C=O) groups excluding carboxylic acids is 1. The molecule has 0 atom stereocenters. The molecule has 2 aromatic carbocycles. The van der Waals surface area contributed by atoms with E-state index in [2.05, 4.69) is 17.2 Å². The Morgan fingerprint density at radius 3 is 2.56 bits per heavy atom. The lowest BCUT2D eigenvalue weighted by molar-refractivity contribution is 0.0461. The molecule has 128 valence electrons. The highest BCUT2D eigenvalue weighted by molar-refractivity contribution is 5.88. The first-order valence-electron chi connectivity index (χ1n) is 8.02. The molecule has 0 aliphatic rings. The third kappa shape index (κ3) is 3.57. The minimum atomic E-state index is -0.628. The maximum atomic E-state index is 13.6. The third-order valence-corrected chi connectivity index (χ3v) is 3.99. The molecule has 0 unspecified atom stereocenters. The molecule has 1 aromatic heterocycles. The molecule has 3 rings (SSSR count). The molecule has 25 heavy (non-hydrogen) atoms. The first-order chi connectivity index (χ1) is 12.1. The van der Waals surface area contributed by atoms with Crippen molar-refractivity contribution in [2.45, 2.75) is 26.9 Å². The summed E-state index contributed by atoms with van der Waals surface area (Å²) in [5.41, 5.74) is 3.04. The average molecular weight is 339 g/mol. The van der Waals surface area contributed by atoms with E-state index in [4.69, 9.17) is 4.74 Å². The summed E-state index contributed by atoms with van der Waals surface area (Å²) >= 11 is 0. The van der Waals surface area contributed by atoms with Gasteiger partial charge in [0.25, 0.3) is 0 Å². The lowest BCUT2D eigenvalue weighted by atomic mass is 10.1. The minimum Gasteiger partial charge on any atom is -0.456 e. The van der Waals surface area contributed by atoms with Crippen LogP contribution in [0.4, 0.5) is 4.39 Å². The number of nitrogens with zero attached hydrogens (tertiary/aromatic N) is 3. The Hall–Kier alpha value is -3.02. The van der Waals surface area contributed by atoms with E-state index < -0.39 is 11.8 Å². The van der Waals surface area contributed by atoms with Crippen molar-refractivity contribution in [1.82, 2.24) is 15.0 Å². The molecule has 0 saturated carbocycles. The Morgan fingerprint density at radius 1 is 1.16 bits per heavy atom. The molecular weight excluding hydrogens is 321 g/mol. The Labute approximate surface area is 145 Å².